The Morgan fingerprint density at radius 3 is 1.85 bits per heavy atom. The van der Waals surface area contributed by atoms with E-state index in [1.807, 2.05) is 12.1 Å². The third-order valence-corrected chi connectivity index (χ3v) is 7.67. The summed E-state index contributed by atoms with van der Waals surface area (Å²) in [6.07, 6.45) is 0. The summed E-state index contributed by atoms with van der Waals surface area (Å²) in [5.41, 5.74) is 11.2. The molecule has 0 atom stereocenters. The number of fused-ring (bicyclic) bond motifs is 1. The number of anilines is 3. The number of aryl methyl sites for hydroxylation is 1. The largest absolute Gasteiger partial charge is 0.456 e. The van der Waals surface area contributed by atoms with Gasteiger partial charge in [0.15, 0.2) is 0 Å². The van der Waals surface area contributed by atoms with Crippen molar-refractivity contribution in [3.05, 3.63) is 163 Å². The lowest BCUT2D eigenvalue weighted by atomic mass is 9.99. The van der Waals surface area contributed by atoms with Crippen molar-refractivity contribution >= 4 is 28.0 Å². The van der Waals surface area contributed by atoms with Crippen LogP contribution in [0.25, 0.3) is 44.5 Å². The average molecular weight is 528 g/mol. The van der Waals surface area contributed by atoms with Crippen molar-refractivity contribution in [3.63, 3.8) is 0 Å². The van der Waals surface area contributed by atoms with Gasteiger partial charge < -0.3 is 9.32 Å². The monoisotopic (exact) mass is 527 g/mol. The SMILES string of the molecule is Cc1c(-c2cccc(-c3ccc(N(c4ccccc4)c4ccccc4-c4ccccc4)cc3)c2)oc2ccccc12. The van der Waals surface area contributed by atoms with Crippen molar-refractivity contribution in [2.24, 2.45) is 0 Å². The van der Waals surface area contributed by atoms with Crippen LogP contribution in [-0.2, 0) is 0 Å². The van der Waals surface area contributed by atoms with Crippen molar-refractivity contribution < 1.29 is 4.42 Å². The third-order valence-electron chi connectivity index (χ3n) is 7.67. The second kappa shape index (κ2) is 10.7. The fourth-order valence-corrected chi connectivity index (χ4v) is 5.63. The first kappa shape index (κ1) is 24.7. The van der Waals surface area contributed by atoms with Crippen LogP contribution in [0.2, 0.25) is 0 Å². The lowest BCUT2D eigenvalue weighted by molar-refractivity contribution is 0.629. The van der Waals surface area contributed by atoms with E-state index >= 15 is 0 Å². The molecule has 1 aromatic heterocycles. The molecule has 0 radical (unpaired) electrons. The molecule has 0 fully saturated rings. The molecule has 0 saturated heterocycles. The molecule has 2 nitrogen and oxygen atoms in total. The lowest BCUT2D eigenvalue weighted by Crippen LogP contribution is -2.11. The molecule has 0 aliphatic rings. The molecule has 0 amide bonds. The minimum atomic E-state index is 0.923. The van der Waals surface area contributed by atoms with Gasteiger partial charge in [0.25, 0.3) is 0 Å². The van der Waals surface area contributed by atoms with Gasteiger partial charge in [-0.2, -0.15) is 0 Å². The number of furan rings is 1. The maximum Gasteiger partial charge on any atom is 0.138 e. The molecule has 0 N–H and O–H groups in total. The van der Waals surface area contributed by atoms with Crippen LogP contribution in [0.1, 0.15) is 5.56 Å². The summed E-state index contributed by atoms with van der Waals surface area (Å²) in [5.74, 6) is 0.928. The second-order valence-electron chi connectivity index (χ2n) is 10.2. The molecule has 0 saturated carbocycles. The molecule has 196 valence electrons. The van der Waals surface area contributed by atoms with E-state index in [2.05, 4.69) is 157 Å². The Morgan fingerprint density at radius 1 is 0.463 bits per heavy atom. The average Bonchev–Trinajstić information content (AvgIpc) is 3.39. The number of benzene rings is 6. The zero-order valence-corrected chi connectivity index (χ0v) is 22.9. The Labute approximate surface area is 240 Å². The summed E-state index contributed by atoms with van der Waals surface area (Å²) in [6.45, 7) is 2.13. The van der Waals surface area contributed by atoms with Gasteiger partial charge in [-0.3, -0.25) is 0 Å². The number of nitrogens with zero attached hydrogens (tertiary/aromatic N) is 1. The van der Waals surface area contributed by atoms with E-state index in [0.29, 0.717) is 0 Å². The lowest BCUT2D eigenvalue weighted by Gasteiger charge is -2.28. The van der Waals surface area contributed by atoms with E-state index < -0.39 is 0 Å². The van der Waals surface area contributed by atoms with Crippen molar-refractivity contribution in [1.82, 2.24) is 0 Å². The van der Waals surface area contributed by atoms with Crippen LogP contribution in [0, 0.1) is 6.92 Å². The molecule has 41 heavy (non-hydrogen) atoms. The van der Waals surface area contributed by atoms with Crippen LogP contribution < -0.4 is 4.90 Å². The van der Waals surface area contributed by atoms with Gasteiger partial charge in [-0.25, -0.2) is 0 Å². The topological polar surface area (TPSA) is 16.4 Å². The second-order valence-corrected chi connectivity index (χ2v) is 10.2. The maximum atomic E-state index is 6.27. The third kappa shape index (κ3) is 4.70. The summed E-state index contributed by atoms with van der Waals surface area (Å²) >= 11 is 0. The number of hydrogen-bond acceptors (Lipinski definition) is 2. The molecule has 2 heteroatoms. The highest BCUT2D eigenvalue weighted by Crippen LogP contribution is 2.41. The van der Waals surface area contributed by atoms with Gasteiger partial charge in [0.1, 0.15) is 11.3 Å². The summed E-state index contributed by atoms with van der Waals surface area (Å²) in [4.78, 5) is 2.33. The highest BCUT2D eigenvalue weighted by molar-refractivity contribution is 5.90. The predicted molar refractivity (Wildman–Crippen MR) is 172 cm³/mol. The number of rotatable bonds is 6. The highest BCUT2D eigenvalue weighted by atomic mass is 16.3. The number of para-hydroxylation sites is 3. The van der Waals surface area contributed by atoms with Crippen LogP contribution >= 0.6 is 0 Å². The van der Waals surface area contributed by atoms with Gasteiger partial charge in [0, 0.05) is 33.5 Å². The summed E-state index contributed by atoms with van der Waals surface area (Å²) in [5, 5.41) is 1.16. The Balaban J connectivity index is 1.28. The molecular formula is C39H29NO. The van der Waals surface area contributed by atoms with Crippen LogP contribution in [0.5, 0.6) is 0 Å². The van der Waals surface area contributed by atoms with Crippen molar-refractivity contribution in [3.8, 4) is 33.6 Å². The Hall–Kier alpha value is -5.34. The standard InChI is InChI=1S/C39H29NO/c1-28-35-19-9-11-22-38(35)41-39(28)32-16-12-15-31(27-32)29-23-25-34(26-24-29)40(33-17-6-3-7-18-33)37-21-10-8-20-36(37)30-13-4-2-5-14-30/h2-27H,1H3. The highest BCUT2D eigenvalue weighted by Gasteiger charge is 2.17. The van der Waals surface area contributed by atoms with E-state index in [0.717, 1.165) is 50.5 Å². The smallest absolute Gasteiger partial charge is 0.138 e. The van der Waals surface area contributed by atoms with E-state index in [9.17, 15) is 0 Å². The first-order valence-electron chi connectivity index (χ1n) is 13.9. The number of hydrogen-bond donors (Lipinski definition) is 0. The first-order valence-corrected chi connectivity index (χ1v) is 13.9. The van der Waals surface area contributed by atoms with Crippen LogP contribution in [0.3, 0.4) is 0 Å². The Bertz CT molecular complexity index is 1940. The fraction of sp³-hybridized carbons (Fsp3) is 0.0256. The Morgan fingerprint density at radius 2 is 1.07 bits per heavy atom. The molecule has 7 aromatic rings. The first-order chi connectivity index (χ1) is 20.3. The zero-order valence-electron chi connectivity index (χ0n) is 22.9. The van der Waals surface area contributed by atoms with Crippen LogP contribution in [0.4, 0.5) is 17.1 Å². The summed E-state index contributed by atoms with van der Waals surface area (Å²) in [7, 11) is 0. The minimum Gasteiger partial charge on any atom is -0.456 e. The van der Waals surface area contributed by atoms with E-state index in [4.69, 9.17) is 4.42 Å². The molecule has 0 bridgehead atoms. The maximum absolute atomic E-state index is 6.27. The minimum absolute atomic E-state index is 0.923. The molecule has 1 heterocycles. The van der Waals surface area contributed by atoms with Gasteiger partial charge in [-0.1, -0.05) is 115 Å². The van der Waals surface area contributed by atoms with Gasteiger partial charge in [0.2, 0.25) is 0 Å². The molecule has 0 spiro atoms. The molecule has 7 rings (SSSR count). The quantitative estimate of drug-likeness (QED) is 0.214. The predicted octanol–water partition coefficient (Wildman–Crippen LogP) is 11.2. The van der Waals surface area contributed by atoms with Crippen molar-refractivity contribution in [1.29, 1.82) is 0 Å². The zero-order chi connectivity index (χ0) is 27.6. The van der Waals surface area contributed by atoms with Gasteiger partial charge in [-0.15, -0.1) is 0 Å². The molecule has 0 aliphatic heterocycles. The van der Waals surface area contributed by atoms with Crippen molar-refractivity contribution in [2.75, 3.05) is 4.90 Å². The molecule has 0 unspecified atom stereocenters. The van der Waals surface area contributed by atoms with Gasteiger partial charge in [-0.05, 0) is 66.1 Å². The van der Waals surface area contributed by atoms with E-state index in [1.54, 1.807) is 0 Å². The molecular weight excluding hydrogens is 498 g/mol. The molecule has 6 aromatic carbocycles. The summed E-state index contributed by atoms with van der Waals surface area (Å²) < 4.78 is 6.27. The van der Waals surface area contributed by atoms with Crippen molar-refractivity contribution in [2.45, 2.75) is 6.92 Å². The van der Waals surface area contributed by atoms with Crippen LogP contribution in [-0.4, -0.2) is 0 Å². The van der Waals surface area contributed by atoms with E-state index in [1.165, 1.54) is 16.7 Å². The van der Waals surface area contributed by atoms with Crippen LogP contribution in [0.15, 0.2) is 162 Å². The van der Waals surface area contributed by atoms with E-state index in [-0.39, 0.29) is 0 Å². The summed E-state index contributed by atoms with van der Waals surface area (Å²) in [6, 6.07) is 55.4. The fourth-order valence-electron chi connectivity index (χ4n) is 5.63. The normalized spacial score (nSPS) is 11.0. The molecule has 0 aliphatic carbocycles. The van der Waals surface area contributed by atoms with Gasteiger partial charge >= 0.3 is 0 Å². The Kier molecular flexibility index (Phi) is 6.42. The van der Waals surface area contributed by atoms with Gasteiger partial charge in [0.05, 0.1) is 5.69 Å².